The first-order chi connectivity index (χ1) is 15.3. The number of hydrogen-bond donors (Lipinski definition) is 0. The molecular formula is C22H23ClN4O3S2. The molecule has 1 atom stereocenters. The third-order valence-corrected chi connectivity index (χ3v) is 8.52. The van der Waals surface area contributed by atoms with Gasteiger partial charge in [0.2, 0.25) is 5.91 Å². The van der Waals surface area contributed by atoms with Crippen LogP contribution >= 0.6 is 23.4 Å². The monoisotopic (exact) mass is 490 g/mol. The second-order valence-corrected chi connectivity index (χ2v) is 11.3. The van der Waals surface area contributed by atoms with Gasteiger partial charge in [0, 0.05) is 18.7 Å². The van der Waals surface area contributed by atoms with Crippen molar-refractivity contribution in [1.29, 1.82) is 0 Å². The fourth-order valence-electron chi connectivity index (χ4n) is 3.66. The summed E-state index contributed by atoms with van der Waals surface area (Å²) in [6.45, 7) is 0.529. The number of aromatic nitrogens is 3. The van der Waals surface area contributed by atoms with Gasteiger partial charge in [0.1, 0.15) is 0 Å². The number of halogens is 1. The lowest BCUT2D eigenvalue weighted by Gasteiger charge is -2.23. The Hall–Kier alpha value is -2.36. The van der Waals surface area contributed by atoms with Crippen molar-refractivity contribution in [2.75, 3.05) is 24.3 Å². The normalized spacial score (nSPS) is 17.4. The highest BCUT2D eigenvalue weighted by molar-refractivity contribution is 7.99. The molecule has 0 radical (unpaired) electrons. The quantitative estimate of drug-likeness (QED) is 0.472. The van der Waals surface area contributed by atoms with Gasteiger partial charge in [-0.25, -0.2) is 8.42 Å². The van der Waals surface area contributed by atoms with E-state index in [-0.39, 0.29) is 29.2 Å². The highest BCUT2D eigenvalue weighted by Gasteiger charge is 2.32. The fourth-order valence-corrected chi connectivity index (χ4v) is 6.51. The molecule has 1 aliphatic rings. The van der Waals surface area contributed by atoms with Gasteiger partial charge in [0.25, 0.3) is 0 Å². The van der Waals surface area contributed by atoms with Crippen LogP contribution in [0.25, 0.3) is 11.4 Å². The molecule has 7 nitrogen and oxygen atoms in total. The van der Waals surface area contributed by atoms with Gasteiger partial charge in [-0.2, -0.15) is 0 Å². The van der Waals surface area contributed by atoms with Crippen molar-refractivity contribution in [1.82, 2.24) is 19.7 Å². The Morgan fingerprint density at radius 1 is 1.16 bits per heavy atom. The van der Waals surface area contributed by atoms with Crippen LogP contribution < -0.4 is 0 Å². The van der Waals surface area contributed by atoms with E-state index < -0.39 is 9.84 Å². The van der Waals surface area contributed by atoms with E-state index in [1.807, 2.05) is 53.1 Å². The van der Waals surface area contributed by atoms with Gasteiger partial charge < -0.3 is 4.90 Å². The molecule has 0 aliphatic carbocycles. The number of thioether (sulfide) groups is 1. The summed E-state index contributed by atoms with van der Waals surface area (Å²) in [5.74, 6) is 0.799. The molecule has 1 aromatic heterocycles. The van der Waals surface area contributed by atoms with Crippen LogP contribution in [0.4, 0.5) is 0 Å². The summed E-state index contributed by atoms with van der Waals surface area (Å²) in [5, 5.41) is 9.87. The molecule has 168 valence electrons. The average molecular weight is 491 g/mol. The molecule has 1 saturated heterocycles. The lowest BCUT2D eigenvalue weighted by atomic mass is 10.2. The van der Waals surface area contributed by atoms with E-state index in [2.05, 4.69) is 10.2 Å². The smallest absolute Gasteiger partial charge is 0.233 e. The molecule has 1 aliphatic heterocycles. The Morgan fingerprint density at radius 3 is 2.56 bits per heavy atom. The van der Waals surface area contributed by atoms with Gasteiger partial charge in [-0.05, 0) is 24.1 Å². The van der Waals surface area contributed by atoms with E-state index in [4.69, 9.17) is 11.6 Å². The number of sulfone groups is 1. The van der Waals surface area contributed by atoms with Gasteiger partial charge in [0.05, 0.1) is 28.8 Å². The molecule has 32 heavy (non-hydrogen) atoms. The summed E-state index contributed by atoms with van der Waals surface area (Å²) in [5.41, 5.74) is 1.84. The number of hydrogen-bond acceptors (Lipinski definition) is 6. The van der Waals surface area contributed by atoms with Gasteiger partial charge in [-0.1, -0.05) is 65.8 Å². The zero-order valence-electron chi connectivity index (χ0n) is 17.5. The standard InChI is InChI=1S/C22H23ClN4O3S2/c1-26(17-11-12-32(29,30)15-17)20(28)14-31-22-25-24-21(18-9-5-6-10-19(18)23)27(22)13-16-7-3-2-4-8-16/h2-10,17H,11-15H2,1H3. The van der Waals surface area contributed by atoms with Crippen LogP contribution in [0, 0.1) is 0 Å². The van der Waals surface area contributed by atoms with Crippen LogP contribution in [0.2, 0.25) is 5.02 Å². The zero-order chi connectivity index (χ0) is 22.7. The number of rotatable bonds is 7. The minimum absolute atomic E-state index is 0.0285. The Bertz CT molecular complexity index is 1210. The maximum absolute atomic E-state index is 12.7. The van der Waals surface area contributed by atoms with Crippen LogP contribution in [0.15, 0.2) is 59.8 Å². The van der Waals surface area contributed by atoms with Crippen molar-refractivity contribution in [2.45, 2.75) is 24.2 Å². The molecule has 10 heteroatoms. The highest BCUT2D eigenvalue weighted by Crippen LogP contribution is 2.30. The van der Waals surface area contributed by atoms with E-state index in [1.165, 1.54) is 11.8 Å². The molecule has 0 bridgehead atoms. The van der Waals surface area contributed by atoms with Gasteiger partial charge in [-0.3, -0.25) is 9.36 Å². The molecule has 2 heterocycles. The molecule has 2 aromatic carbocycles. The lowest BCUT2D eigenvalue weighted by molar-refractivity contribution is -0.128. The first-order valence-electron chi connectivity index (χ1n) is 10.1. The fraction of sp³-hybridized carbons (Fsp3) is 0.318. The molecule has 3 aromatic rings. The minimum Gasteiger partial charge on any atom is -0.341 e. The minimum atomic E-state index is -3.05. The predicted octanol–water partition coefficient (Wildman–Crippen LogP) is 3.38. The molecule has 0 spiro atoms. The van der Waals surface area contributed by atoms with E-state index in [1.54, 1.807) is 18.0 Å². The second-order valence-electron chi connectivity index (χ2n) is 7.71. The predicted molar refractivity (Wildman–Crippen MR) is 127 cm³/mol. The second kappa shape index (κ2) is 9.64. The van der Waals surface area contributed by atoms with Crippen LogP contribution in [0.1, 0.15) is 12.0 Å². The van der Waals surface area contributed by atoms with E-state index >= 15 is 0 Å². The summed E-state index contributed by atoms with van der Waals surface area (Å²) in [6, 6.07) is 17.1. The topological polar surface area (TPSA) is 85.2 Å². The third-order valence-electron chi connectivity index (χ3n) is 5.49. The summed E-state index contributed by atoms with van der Waals surface area (Å²) in [6.07, 6.45) is 0.482. The van der Waals surface area contributed by atoms with Crippen LogP contribution in [-0.2, 0) is 21.2 Å². The Kier molecular flexibility index (Phi) is 6.88. The number of carbonyl (C=O) groups excluding carboxylic acids is 1. The van der Waals surface area contributed by atoms with Gasteiger partial charge >= 0.3 is 0 Å². The van der Waals surface area contributed by atoms with Crippen LogP contribution in [-0.4, -0.2) is 64.3 Å². The molecule has 1 amide bonds. The van der Waals surface area contributed by atoms with Crippen molar-refractivity contribution in [3.63, 3.8) is 0 Å². The molecule has 1 unspecified atom stereocenters. The number of carbonyl (C=O) groups is 1. The van der Waals surface area contributed by atoms with Crippen LogP contribution in [0.3, 0.4) is 0 Å². The molecule has 1 fully saturated rings. The molecule has 0 N–H and O–H groups in total. The summed E-state index contributed by atoms with van der Waals surface area (Å²) in [7, 11) is -1.39. The van der Waals surface area contributed by atoms with Crippen molar-refractivity contribution in [3.8, 4) is 11.4 Å². The lowest BCUT2D eigenvalue weighted by Crippen LogP contribution is -2.38. The van der Waals surface area contributed by atoms with E-state index in [9.17, 15) is 13.2 Å². The van der Waals surface area contributed by atoms with E-state index in [0.717, 1.165) is 11.1 Å². The summed E-state index contributed by atoms with van der Waals surface area (Å²) in [4.78, 5) is 14.3. The molecule has 0 saturated carbocycles. The highest BCUT2D eigenvalue weighted by atomic mass is 35.5. The zero-order valence-corrected chi connectivity index (χ0v) is 19.9. The SMILES string of the molecule is CN(C(=O)CSc1nnc(-c2ccccc2Cl)n1Cc1ccccc1)C1CCS(=O)(=O)C1. The Balaban J connectivity index is 1.55. The number of amides is 1. The van der Waals surface area contributed by atoms with Crippen LogP contribution in [0.5, 0.6) is 0 Å². The van der Waals surface area contributed by atoms with Gasteiger partial charge in [-0.15, -0.1) is 10.2 Å². The first kappa shape index (κ1) is 22.8. The number of nitrogens with zero attached hydrogens (tertiary/aromatic N) is 4. The Morgan fingerprint density at radius 2 is 1.88 bits per heavy atom. The van der Waals surface area contributed by atoms with Gasteiger partial charge in [0.15, 0.2) is 20.8 Å². The summed E-state index contributed by atoms with van der Waals surface area (Å²) >= 11 is 7.70. The van der Waals surface area contributed by atoms with Crippen molar-refractivity contribution in [3.05, 3.63) is 65.2 Å². The molecular weight excluding hydrogens is 468 g/mol. The average Bonchev–Trinajstić information content (AvgIpc) is 3.35. The largest absolute Gasteiger partial charge is 0.341 e. The molecule has 4 rings (SSSR count). The van der Waals surface area contributed by atoms with E-state index in [0.29, 0.717) is 29.0 Å². The maximum Gasteiger partial charge on any atom is 0.233 e. The first-order valence-corrected chi connectivity index (χ1v) is 13.3. The number of benzene rings is 2. The maximum atomic E-state index is 12.7. The van der Waals surface area contributed by atoms with Crippen molar-refractivity contribution < 1.29 is 13.2 Å². The third kappa shape index (κ3) is 5.16. The van der Waals surface area contributed by atoms with Crippen molar-refractivity contribution >= 4 is 39.1 Å². The Labute approximate surface area is 196 Å². The van der Waals surface area contributed by atoms with Crippen molar-refractivity contribution in [2.24, 2.45) is 0 Å². The summed E-state index contributed by atoms with van der Waals surface area (Å²) < 4.78 is 25.5.